The maximum Gasteiger partial charge on any atom is 0.118 e. The number of methoxy groups -OCH3 is 1. The van der Waals surface area contributed by atoms with Crippen LogP contribution in [0.25, 0.3) is 0 Å². The Morgan fingerprint density at radius 3 is 2.10 bits per heavy atom. The summed E-state index contributed by atoms with van der Waals surface area (Å²) in [6, 6.07) is 9.52. The molecule has 1 aliphatic carbocycles. The lowest BCUT2D eigenvalue weighted by molar-refractivity contribution is 0.231. The van der Waals surface area contributed by atoms with Gasteiger partial charge in [-0.2, -0.15) is 0 Å². The summed E-state index contributed by atoms with van der Waals surface area (Å²) < 4.78 is 5.21. The first kappa shape index (κ1) is 15.4. The molecular formula is C18H29NO. The van der Waals surface area contributed by atoms with Crippen LogP contribution in [0.2, 0.25) is 0 Å². The van der Waals surface area contributed by atoms with E-state index in [9.17, 15) is 0 Å². The standard InChI is InChI=1S/C18H29NO/c1-13(2)15-5-9-17(10-6-15)19-14(3)16-7-11-18(20-4)12-8-16/h7-8,11-15,17,19H,5-6,9-10H2,1-4H3/t14-,15?,17?/m1/s1. The van der Waals surface area contributed by atoms with Crippen molar-refractivity contribution < 1.29 is 4.74 Å². The third-order valence-corrected chi connectivity index (χ3v) is 4.82. The van der Waals surface area contributed by atoms with Gasteiger partial charge in [0.1, 0.15) is 5.75 Å². The monoisotopic (exact) mass is 275 g/mol. The van der Waals surface area contributed by atoms with Crippen molar-refractivity contribution in [1.82, 2.24) is 5.32 Å². The molecule has 0 radical (unpaired) electrons. The van der Waals surface area contributed by atoms with Crippen molar-refractivity contribution in [1.29, 1.82) is 0 Å². The first-order chi connectivity index (χ1) is 9.60. The van der Waals surface area contributed by atoms with E-state index in [-0.39, 0.29) is 0 Å². The van der Waals surface area contributed by atoms with Crippen molar-refractivity contribution in [3.05, 3.63) is 29.8 Å². The Kier molecular flexibility index (Phi) is 5.47. The van der Waals surface area contributed by atoms with E-state index in [0.29, 0.717) is 12.1 Å². The van der Waals surface area contributed by atoms with Crippen molar-refractivity contribution in [2.24, 2.45) is 11.8 Å². The van der Waals surface area contributed by atoms with Crippen LogP contribution in [0, 0.1) is 11.8 Å². The molecule has 2 nitrogen and oxygen atoms in total. The lowest BCUT2D eigenvalue weighted by Crippen LogP contribution is -2.35. The molecule has 1 N–H and O–H groups in total. The molecule has 0 heterocycles. The number of ether oxygens (including phenoxy) is 1. The van der Waals surface area contributed by atoms with E-state index < -0.39 is 0 Å². The highest BCUT2D eigenvalue weighted by molar-refractivity contribution is 5.28. The van der Waals surface area contributed by atoms with Crippen LogP contribution in [0.4, 0.5) is 0 Å². The van der Waals surface area contributed by atoms with Crippen LogP contribution in [0.15, 0.2) is 24.3 Å². The van der Waals surface area contributed by atoms with Gasteiger partial charge in [-0.3, -0.25) is 0 Å². The van der Waals surface area contributed by atoms with Gasteiger partial charge in [0.05, 0.1) is 7.11 Å². The van der Waals surface area contributed by atoms with Crippen molar-refractivity contribution in [2.45, 2.75) is 58.5 Å². The van der Waals surface area contributed by atoms with E-state index in [1.807, 2.05) is 12.1 Å². The molecule has 0 bridgehead atoms. The summed E-state index contributed by atoms with van der Waals surface area (Å²) in [6.45, 7) is 6.98. The second-order valence-corrected chi connectivity index (χ2v) is 6.52. The summed E-state index contributed by atoms with van der Waals surface area (Å²) in [5.41, 5.74) is 1.34. The van der Waals surface area contributed by atoms with Crippen molar-refractivity contribution in [2.75, 3.05) is 7.11 Å². The zero-order valence-corrected chi connectivity index (χ0v) is 13.4. The van der Waals surface area contributed by atoms with Gasteiger partial charge in [-0.1, -0.05) is 26.0 Å². The van der Waals surface area contributed by atoms with Crippen LogP contribution in [0.1, 0.15) is 58.1 Å². The zero-order chi connectivity index (χ0) is 14.5. The summed E-state index contributed by atoms with van der Waals surface area (Å²) in [6.07, 6.45) is 5.40. The molecule has 0 spiro atoms. The number of benzene rings is 1. The maximum atomic E-state index is 5.21. The van der Waals surface area contributed by atoms with E-state index in [1.165, 1.54) is 31.2 Å². The van der Waals surface area contributed by atoms with Gasteiger partial charge in [0.25, 0.3) is 0 Å². The van der Waals surface area contributed by atoms with Crippen molar-refractivity contribution in [3.63, 3.8) is 0 Å². The minimum Gasteiger partial charge on any atom is -0.497 e. The smallest absolute Gasteiger partial charge is 0.118 e. The first-order valence-electron chi connectivity index (χ1n) is 8.00. The molecule has 1 aliphatic rings. The second-order valence-electron chi connectivity index (χ2n) is 6.52. The van der Waals surface area contributed by atoms with Crippen LogP contribution in [-0.2, 0) is 0 Å². The van der Waals surface area contributed by atoms with Crippen LogP contribution in [0.5, 0.6) is 5.75 Å². The highest BCUT2D eigenvalue weighted by Gasteiger charge is 2.24. The molecule has 1 fully saturated rings. The van der Waals surface area contributed by atoms with Gasteiger partial charge in [-0.25, -0.2) is 0 Å². The zero-order valence-electron chi connectivity index (χ0n) is 13.4. The predicted octanol–water partition coefficient (Wildman–Crippen LogP) is 4.56. The molecule has 0 aliphatic heterocycles. The number of nitrogens with one attached hydrogen (secondary N) is 1. The summed E-state index contributed by atoms with van der Waals surface area (Å²) >= 11 is 0. The normalized spacial score (nSPS) is 24.6. The quantitative estimate of drug-likeness (QED) is 0.850. The highest BCUT2D eigenvalue weighted by atomic mass is 16.5. The highest BCUT2D eigenvalue weighted by Crippen LogP contribution is 2.31. The Balaban J connectivity index is 1.84. The van der Waals surface area contributed by atoms with Gasteiger partial charge < -0.3 is 10.1 Å². The van der Waals surface area contributed by atoms with Gasteiger partial charge in [0.2, 0.25) is 0 Å². The van der Waals surface area contributed by atoms with Crippen molar-refractivity contribution in [3.8, 4) is 5.75 Å². The SMILES string of the molecule is COc1ccc([C@@H](C)NC2CCC(C(C)C)CC2)cc1. The van der Waals surface area contributed by atoms with Gasteiger partial charge in [0, 0.05) is 12.1 Å². The van der Waals surface area contributed by atoms with Crippen LogP contribution in [-0.4, -0.2) is 13.2 Å². The number of hydrogen-bond acceptors (Lipinski definition) is 2. The Hall–Kier alpha value is -1.02. The average molecular weight is 275 g/mol. The topological polar surface area (TPSA) is 21.3 Å². The second kappa shape index (κ2) is 7.12. The van der Waals surface area contributed by atoms with Gasteiger partial charge in [0.15, 0.2) is 0 Å². The fraction of sp³-hybridized carbons (Fsp3) is 0.667. The molecule has 20 heavy (non-hydrogen) atoms. The molecule has 0 amide bonds. The lowest BCUT2D eigenvalue weighted by Gasteiger charge is -2.33. The Bertz CT molecular complexity index is 390. The van der Waals surface area contributed by atoms with Crippen LogP contribution >= 0.6 is 0 Å². The molecule has 0 aromatic heterocycles. The van der Waals surface area contributed by atoms with E-state index in [2.05, 4.69) is 38.2 Å². The molecule has 1 saturated carbocycles. The minimum absolute atomic E-state index is 0.418. The largest absolute Gasteiger partial charge is 0.497 e. The van der Waals surface area contributed by atoms with Crippen LogP contribution in [0.3, 0.4) is 0 Å². The van der Waals surface area contributed by atoms with E-state index in [4.69, 9.17) is 4.74 Å². The molecular weight excluding hydrogens is 246 g/mol. The Labute approximate surface area is 123 Å². The third-order valence-electron chi connectivity index (χ3n) is 4.82. The number of rotatable bonds is 5. The Morgan fingerprint density at radius 2 is 1.60 bits per heavy atom. The molecule has 112 valence electrons. The van der Waals surface area contributed by atoms with Gasteiger partial charge in [-0.05, 0) is 62.1 Å². The van der Waals surface area contributed by atoms with E-state index in [1.54, 1.807) is 7.11 Å². The fourth-order valence-electron chi connectivity index (χ4n) is 3.29. The Morgan fingerprint density at radius 1 is 1.00 bits per heavy atom. The maximum absolute atomic E-state index is 5.21. The molecule has 0 saturated heterocycles. The molecule has 0 unspecified atom stereocenters. The lowest BCUT2D eigenvalue weighted by atomic mass is 9.79. The van der Waals surface area contributed by atoms with E-state index >= 15 is 0 Å². The predicted molar refractivity (Wildman–Crippen MR) is 85.1 cm³/mol. The first-order valence-corrected chi connectivity index (χ1v) is 8.00. The molecule has 1 atom stereocenters. The summed E-state index contributed by atoms with van der Waals surface area (Å²) in [5.74, 6) is 2.71. The average Bonchev–Trinajstić information content (AvgIpc) is 2.48. The third kappa shape index (κ3) is 3.99. The fourth-order valence-corrected chi connectivity index (χ4v) is 3.29. The summed E-state index contributed by atoms with van der Waals surface area (Å²) in [5, 5.41) is 3.79. The number of hydrogen-bond donors (Lipinski definition) is 1. The molecule has 1 aromatic rings. The van der Waals surface area contributed by atoms with E-state index in [0.717, 1.165) is 17.6 Å². The van der Waals surface area contributed by atoms with Gasteiger partial charge in [-0.15, -0.1) is 0 Å². The van der Waals surface area contributed by atoms with Gasteiger partial charge >= 0.3 is 0 Å². The molecule has 1 aromatic carbocycles. The molecule has 2 rings (SSSR count). The summed E-state index contributed by atoms with van der Waals surface area (Å²) in [7, 11) is 1.71. The van der Waals surface area contributed by atoms with Crippen LogP contribution < -0.4 is 10.1 Å². The minimum atomic E-state index is 0.418. The van der Waals surface area contributed by atoms with Crippen molar-refractivity contribution >= 4 is 0 Å². The molecule has 2 heteroatoms. The summed E-state index contributed by atoms with van der Waals surface area (Å²) in [4.78, 5) is 0.